The third kappa shape index (κ3) is 5.94. The van der Waals surface area contributed by atoms with Gasteiger partial charge < -0.3 is 15.6 Å². The van der Waals surface area contributed by atoms with Crippen LogP contribution in [0.4, 0.5) is 0 Å². The lowest BCUT2D eigenvalue weighted by atomic mass is 10.1. The molecule has 3 N–H and O–H groups in total. The topological polar surface area (TPSA) is 72.5 Å². The molecule has 0 saturated heterocycles. The molecule has 4 nitrogen and oxygen atoms in total. The SMILES string of the molecule is CC(C)CC(C)OC(=O)[C@@H](O)CCN. The van der Waals surface area contributed by atoms with Crippen molar-refractivity contribution in [1.29, 1.82) is 0 Å². The smallest absolute Gasteiger partial charge is 0.335 e. The highest BCUT2D eigenvalue weighted by Gasteiger charge is 2.18. The monoisotopic (exact) mass is 203 g/mol. The molecule has 1 unspecified atom stereocenters. The number of carbonyl (C=O) groups is 1. The summed E-state index contributed by atoms with van der Waals surface area (Å²) >= 11 is 0. The molecule has 0 spiro atoms. The van der Waals surface area contributed by atoms with Crippen molar-refractivity contribution in [2.45, 2.75) is 45.8 Å². The Balaban J connectivity index is 3.80. The summed E-state index contributed by atoms with van der Waals surface area (Å²) in [5, 5.41) is 9.25. The molecular weight excluding hydrogens is 182 g/mol. The minimum Gasteiger partial charge on any atom is -0.461 e. The van der Waals surface area contributed by atoms with E-state index in [9.17, 15) is 9.90 Å². The first-order chi connectivity index (χ1) is 6.47. The first kappa shape index (κ1) is 13.4. The van der Waals surface area contributed by atoms with Crippen LogP contribution in [0.2, 0.25) is 0 Å². The van der Waals surface area contributed by atoms with Crippen LogP contribution in [0.1, 0.15) is 33.6 Å². The third-order valence-corrected chi connectivity index (χ3v) is 1.83. The highest BCUT2D eigenvalue weighted by atomic mass is 16.6. The van der Waals surface area contributed by atoms with Crippen molar-refractivity contribution in [3.8, 4) is 0 Å². The highest BCUT2D eigenvalue weighted by molar-refractivity contribution is 5.74. The molecule has 4 heteroatoms. The van der Waals surface area contributed by atoms with E-state index in [-0.39, 0.29) is 19.1 Å². The van der Waals surface area contributed by atoms with Crippen LogP contribution in [0.3, 0.4) is 0 Å². The van der Waals surface area contributed by atoms with Gasteiger partial charge in [-0.15, -0.1) is 0 Å². The molecule has 0 aliphatic rings. The standard InChI is InChI=1S/C10H21NO3/c1-7(2)6-8(3)14-10(13)9(12)4-5-11/h7-9,12H,4-6,11H2,1-3H3/t8?,9-/m0/s1. The van der Waals surface area contributed by atoms with Gasteiger partial charge in [0.15, 0.2) is 6.10 Å². The van der Waals surface area contributed by atoms with Gasteiger partial charge in [-0.1, -0.05) is 13.8 Å². The molecule has 0 aliphatic carbocycles. The fourth-order valence-electron chi connectivity index (χ4n) is 1.26. The molecule has 84 valence electrons. The quantitative estimate of drug-likeness (QED) is 0.622. The fourth-order valence-corrected chi connectivity index (χ4v) is 1.26. The Kier molecular flexibility index (Phi) is 6.49. The summed E-state index contributed by atoms with van der Waals surface area (Å²) in [6.07, 6.45) is -0.154. The minimum absolute atomic E-state index is 0.144. The van der Waals surface area contributed by atoms with Gasteiger partial charge in [-0.25, -0.2) is 4.79 Å². The summed E-state index contributed by atoms with van der Waals surface area (Å²) in [6, 6.07) is 0. The van der Waals surface area contributed by atoms with Crippen LogP contribution in [0, 0.1) is 5.92 Å². The van der Waals surface area contributed by atoms with Gasteiger partial charge in [0.2, 0.25) is 0 Å². The molecule has 14 heavy (non-hydrogen) atoms. The Morgan fingerprint density at radius 1 is 1.43 bits per heavy atom. The summed E-state index contributed by atoms with van der Waals surface area (Å²) in [4.78, 5) is 11.2. The third-order valence-electron chi connectivity index (χ3n) is 1.83. The van der Waals surface area contributed by atoms with Crippen LogP contribution in [0.5, 0.6) is 0 Å². The summed E-state index contributed by atoms with van der Waals surface area (Å²) in [5.74, 6) is -0.0898. The van der Waals surface area contributed by atoms with E-state index >= 15 is 0 Å². The van der Waals surface area contributed by atoms with Crippen LogP contribution in [-0.2, 0) is 9.53 Å². The van der Waals surface area contributed by atoms with Gasteiger partial charge in [0.25, 0.3) is 0 Å². The summed E-state index contributed by atoms with van der Waals surface area (Å²) in [7, 11) is 0. The normalized spacial score (nSPS) is 15.3. The van der Waals surface area contributed by atoms with E-state index in [1.165, 1.54) is 0 Å². The summed E-state index contributed by atoms with van der Waals surface area (Å²) < 4.78 is 5.03. The second-order valence-corrected chi connectivity index (χ2v) is 3.97. The Morgan fingerprint density at radius 3 is 2.43 bits per heavy atom. The van der Waals surface area contributed by atoms with Crippen molar-refractivity contribution < 1.29 is 14.6 Å². The number of hydrogen-bond acceptors (Lipinski definition) is 4. The number of aliphatic hydroxyl groups is 1. The lowest BCUT2D eigenvalue weighted by Crippen LogP contribution is -2.29. The van der Waals surface area contributed by atoms with E-state index in [2.05, 4.69) is 13.8 Å². The molecule has 0 fully saturated rings. The minimum atomic E-state index is -1.07. The molecule has 0 heterocycles. The number of ether oxygens (including phenoxy) is 1. The number of aliphatic hydroxyl groups excluding tert-OH is 1. The van der Waals surface area contributed by atoms with E-state index in [4.69, 9.17) is 10.5 Å². The average Bonchev–Trinajstić information content (AvgIpc) is 2.02. The Hall–Kier alpha value is -0.610. The second kappa shape index (κ2) is 6.79. The molecule has 0 aromatic heterocycles. The molecule has 0 bridgehead atoms. The predicted molar refractivity (Wildman–Crippen MR) is 54.7 cm³/mol. The molecule has 0 rings (SSSR count). The average molecular weight is 203 g/mol. The largest absolute Gasteiger partial charge is 0.461 e. The predicted octanol–water partition coefficient (Wildman–Crippen LogP) is 0.674. The maximum atomic E-state index is 11.2. The summed E-state index contributed by atoms with van der Waals surface area (Å²) in [5.41, 5.74) is 5.21. The number of rotatable bonds is 6. The van der Waals surface area contributed by atoms with Gasteiger partial charge >= 0.3 is 5.97 Å². The van der Waals surface area contributed by atoms with Crippen LogP contribution in [0.25, 0.3) is 0 Å². The molecule has 0 amide bonds. The highest BCUT2D eigenvalue weighted by Crippen LogP contribution is 2.08. The second-order valence-electron chi connectivity index (χ2n) is 3.97. The van der Waals surface area contributed by atoms with Crippen LogP contribution >= 0.6 is 0 Å². The van der Waals surface area contributed by atoms with Gasteiger partial charge in [-0.05, 0) is 32.2 Å². The molecular formula is C10H21NO3. The van der Waals surface area contributed by atoms with Crippen molar-refractivity contribution >= 4 is 5.97 Å². The number of esters is 1. The molecule has 0 aromatic rings. The molecule has 2 atom stereocenters. The zero-order chi connectivity index (χ0) is 11.1. The van der Waals surface area contributed by atoms with E-state index in [0.717, 1.165) is 6.42 Å². The zero-order valence-electron chi connectivity index (χ0n) is 9.19. The first-order valence-electron chi connectivity index (χ1n) is 5.06. The van der Waals surface area contributed by atoms with E-state index in [1.54, 1.807) is 0 Å². The molecule has 0 aromatic carbocycles. The molecule has 0 saturated carbocycles. The Morgan fingerprint density at radius 2 is 2.00 bits per heavy atom. The van der Waals surface area contributed by atoms with Crippen LogP contribution < -0.4 is 5.73 Å². The van der Waals surface area contributed by atoms with E-state index < -0.39 is 12.1 Å². The lowest BCUT2D eigenvalue weighted by Gasteiger charge is -2.17. The Bertz CT molecular complexity index is 171. The Labute approximate surface area is 85.4 Å². The van der Waals surface area contributed by atoms with Crippen molar-refractivity contribution in [1.82, 2.24) is 0 Å². The lowest BCUT2D eigenvalue weighted by molar-refractivity contribution is -0.159. The maximum absolute atomic E-state index is 11.2. The van der Waals surface area contributed by atoms with E-state index in [1.807, 2.05) is 6.92 Å². The van der Waals surface area contributed by atoms with E-state index in [0.29, 0.717) is 5.92 Å². The van der Waals surface area contributed by atoms with Gasteiger partial charge in [0.05, 0.1) is 6.10 Å². The van der Waals surface area contributed by atoms with Crippen molar-refractivity contribution in [2.24, 2.45) is 11.7 Å². The molecule has 0 aliphatic heterocycles. The molecule has 0 radical (unpaired) electrons. The van der Waals surface area contributed by atoms with Crippen LogP contribution in [-0.4, -0.2) is 29.8 Å². The number of carbonyl (C=O) groups excluding carboxylic acids is 1. The summed E-state index contributed by atoms with van der Waals surface area (Å²) in [6.45, 7) is 6.23. The van der Waals surface area contributed by atoms with Crippen LogP contribution in [0.15, 0.2) is 0 Å². The van der Waals surface area contributed by atoms with Gasteiger partial charge in [0, 0.05) is 0 Å². The number of nitrogens with two attached hydrogens (primary N) is 1. The maximum Gasteiger partial charge on any atom is 0.335 e. The number of hydrogen-bond donors (Lipinski definition) is 2. The fraction of sp³-hybridized carbons (Fsp3) is 0.900. The van der Waals surface area contributed by atoms with Gasteiger partial charge in [0.1, 0.15) is 0 Å². The zero-order valence-corrected chi connectivity index (χ0v) is 9.19. The first-order valence-corrected chi connectivity index (χ1v) is 5.06. The van der Waals surface area contributed by atoms with Crippen molar-refractivity contribution in [2.75, 3.05) is 6.54 Å². The van der Waals surface area contributed by atoms with Crippen molar-refractivity contribution in [3.05, 3.63) is 0 Å². The van der Waals surface area contributed by atoms with Crippen molar-refractivity contribution in [3.63, 3.8) is 0 Å². The van der Waals surface area contributed by atoms with Gasteiger partial charge in [-0.3, -0.25) is 0 Å². The van der Waals surface area contributed by atoms with Gasteiger partial charge in [-0.2, -0.15) is 0 Å².